The van der Waals surface area contributed by atoms with E-state index in [0.717, 1.165) is 16.9 Å². The highest BCUT2D eigenvalue weighted by Crippen LogP contribution is 2.34. The summed E-state index contributed by atoms with van der Waals surface area (Å²) in [5.74, 6) is 0.360. The van der Waals surface area contributed by atoms with Gasteiger partial charge in [-0.3, -0.25) is 0 Å². The first kappa shape index (κ1) is 20.0. The summed E-state index contributed by atoms with van der Waals surface area (Å²) in [5, 5.41) is 9.45. The van der Waals surface area contributed by atoms with Crippen molar-refractivity contribution in [3.8, 4) is 5.75 Å². The van der Waals surface area contributed by atoms with Crippen LogP contribution in [-0.4, -0.2) is 19.0 Å². The molecule has 6 heteroatoms. The van der Waals surface area contributed by atoms with E-state index in [0.29, 0.717) is 17.0 Å². The van der Waals surface area contributed by atoms with Gasteiger partial charge in [0.15, 0.2) is 6.79 Å². The molecule has 2 aromatic rings. The molecule has 136 valence electrons. The molecule has 0 atom stereocenters. The van der Waals surface area contributed by atoms with Crippen LogP contribution in [0.1, 0.15) is 42.0 Å². The molecule has 2 aromatic carbocycles. The maximum atomic E-state index is 14.2. The normalized spacial score (nSPS) is 11.2. The molecule has 1 N–H and O–H groups in total. The third-order valence-corrected chi connectivity index (χ3v) is 4.64. The van der Waals surface area contributed by atoms with Gasteiger partial charge in [-0.25, -0.2) is 4.39 Å². The lowest BCUT2D eigenvalue weighted by atomic mass is 9.96. The highest BCUT2D eigenvalue weighted by Gasteiger charge is 2.17. The third kappa shape index (κ3) is 4.64. The van der Waals surface area contributed by atoms with E-state index >= 15 is 0 Å². The van der Waals surface area contributed by atoms with E-state index in [1.807, 2.05) is 18.2 Å². The number of benzene rings is 2. The molecule has 3 nitrogen and oxygen atoms in total. The summed E-state index contributed by atoms with van der Waals surface area (Å²) < 4.78 is 24.7. The Morgan fingerprint density at radius 2 is 1.92 bits per heavy atom. The largest absolute Gasteiger partial charge is 0.467 e. The van der Waals surface area contributed by atoms with E-state index in [4.69, 9.17) is 37.8 Å². The first-order valence-corrected chi connectivity index (χ1v) is 8.65. The average Bonchev–Trinajstić information content (AvgIpc) is 2.60. The van der Waals surface area contributed by atoms with Gasteiger partial charge >= 0.3 is 0 Å². The maximum absolute atomic E-state index is 14.2. The summed E-state index contributed by atoms with van der Waals surface area (Å²) >= 11 is 12.4. The summed E-state index contributed by atoms with van der Waals surface area (Å²) in [4.78, 5) is 0. The standard InChI is InChI=1S/C19H21Cl2FO3/c1-11(2)14-6-12(4-5-17(14)25-10-24-3)7-15-16(20)8-13(9-23)19(22)18(15)21/h4-6,8,11,23H,7,9-10H2,1-3H3. The van der Waals surface area contributed by atoms with Crippen LogP contribution in [0.3, 0.4) is 0 Å². The van der Waals surface area contributed by atoms with Crippen LogP contribution in [0, 0.1) is 5.82 Å². The van der Waals surface area contributed by atoms with Crippen molar-refractivity contribution in [1.29, 1.82) is 0 Å². The van der Waals surface area contributed by atoms with E-state index in [1.54, 1.807) is 7.11 Å². The quantitative estimate of drug-likeness (QED) is 0.516. The third-order valence-electron chi connectivity index (χ3n) is 3.91. The van der Waals surface area contributed by atoms with Crippen LogP contribution >= 0.6 is 23.2 Å². The zero-order valence-electron chi connectivity index (χ0n) is 14.4. The Kier molecular flexibility index (Phi) is 7.08. The van der Waals surface area contributed by atoms with Gasteiger partial charge in [0, 0.05) is 24.1 Å². The van der Waals surface area contributed by atoms with Gasteiger partial charge < -0.3 is 14.6 Å². The molecule has 2 rings (SSSR count). The second-order valence-electron chi connectivity index (χ2n) is 6.04. The van der Waals surface area contributed by atoms with Gasteiger partial charge in [-0.1, -0.05) is 49.2 Å². The van der Waals surface area contributed by atoms with Crippen molar-refractivity contribution >= 4 is 23.2 Å². The highest BCUT2D eigenvalue weighted by molar-refractivity contribution is 6.36. The fraction of sp³-hybridized carbons (Fsp3) is 0.368. The topological polar surface area (TPSA) is 38.7 Å². The number of ether oxygens (including phenoxy) is 2. The zero-order valence-corrected chi connectivity index (χ0v) is 15.9. The van der Waals surface area contributed by atoms with Gasteiger partial charge in [-0.05, 0) is 34.7 Å². The molecule has 0 radical (unpaired) electrons. The number of rotatable bonds is 7. The van der Waals surface area contributed by atoms with Crippen LogP contribution in [0.25, 0.3) is 0 Å². The van der Waals surface area contributed by atoms with Crippen molar-refractivity contribution in [2.45, 2.75) is 32.8 Å². The summed E-state index contributed by atoms with van der Waals surface area (Å²) in [7, 11) is 1.57. The molecule has 0 aliphatic carbocycles. The van der Waals surface area contributed by atoms with Gasteiger partial charge in [0.1, 0.15) is 11.6 Å². The van der Waals surface area contributed by atoms with Gasteiger partial charge in [-0.15, -0.1) is 0 Å². The molecule has 0 aliphatic heterocycles. The highest BCUT2D eigenvalue weighted by atomic mass is 35.5. The van der Waals surface area contributed by atoms with Crippen molar-refractivity contribution in [3.63, 3.8) is 0 Å². The Morgan fingerprint density at radius 1 is 1.20 bits per heavy atom. The van der Waals surface area contributed by atoms with E-state index in [9.17, 15) is 4.39 Å². The number of hydrogen-bond donors (Lipinski definition) is 1. The van der Waals surface area contributed by atoms with Gasteiger partial charge in [0.05, 0.1) is 11.6 Å². The second-order valence-corrected chi connectivity index (χ2v) is 6.82. The van der Waals surface area contributed by atoms with E-state index in [-0.39, 0.29) is 23.3 Å². The molecule has 0 saturated carbocycles. The lowest BCUT2D eigenvalue weighted by Crippen LogP contribution is -2.04. The Balaban J connectivity index is 2.38. The van der Waals surface area contributed by atoms with Gasteiger partial charge in [0.2, 0.25) is 0 Å². The molecule has 0 bridgehead atoms. The molecule has 0 unspecified atom stereocenters. The average molecular weight is 387 g/mol. The van der Waals surface area contributed by atoms with Crippen molar-refractivity contribution < 1.29 is 19.0 Å². The number of aliphatic hydroxyl groups excluding tert-OH is 1. The van der Waals surface area contributed by atoms with Crippen LogP contribution in [-0.2, 0) is 17.8 Å². The SMILES string of the molecule is COCOc1ccc(Cc2c(Cl)cc(CO)c(F)c2Cl)cc1C(C)C. The van der Waals surface area contributed by atoms with Crippen LogP contribution < -0.4 is 4.74 Å². The molecule has 0 fully saturated rings. The van der Waals surface area contributed by atoms with E-state index in [2.05, 4.69) is 13.8 Å². The van der Waals surface area contributed by atoms with E-state index in [1.165, 1.54) is 6.07 Å². The first-order valence-electron chi connectivity index (χ1n) is 7.89. The number of halogens is 3. The smallest absolute Gasteiger partial charge is 0.188 e. The predicted molar refractivity (Wildman–Crippen MR) is 98.2 cm³/mol. The molecule has 25 heavy (non-hydrogen) atoms. The molecular weight excluding hydrogens is 366 g/mol. The van der Waals surface area contributed by atoms with Crippen molar-refractivity contribution in [1.82, 2.24) is 0 Å². The molecule has 0 aromatic heterocycles. The van der Waals surface area contributed by atoms with Crippen LogP contribution in [0.4, 0.5) is 4.39 Å². The summed E-state index contributed by atoms with van der Waals surface area (Å²) in [6, 6.07) is 7.17. The summed E-state index contributed by atoms with van der Waals surface area (Å²) in [6.07, 6.45) is 0.380. The Hall–Kier alpha value is -1.33. The fourth-order valence-corrected chi connectivity index (χ4v) is 3.21. The minimum absolute atomic E-state index is 0.0534. The van der Waals surface area contributed by atoms with Crippen LogP contribution in [0.15, 0.2) is 24.3 Å². The van der Waals surface area contributed by atoms with Crippen molar-refractivity contribution in [2.75, 3.05) is 13.9 Å². The molecule has 0 spiro atoms. The monoisotopic (exact) mass is 386 g/mol. The molecular formula is C19H21Cl2FO3. The molecule has 0 saturated heterocycles. The van der Waals surface area contributed by atoms with Crippen LogP contribution in [0.5, 0.6) is 5.75 Å². The predicted octanol–water partition coefficient (Wildman–Crippen LogP) is 5.32. The Morgan fingerprint density at radius 3 is 2.52 bits per heavy atom. The zero-order chi connectivity index (χ0) is 18.6. The van der Waals surface area contributed by atoms with Gasteiger partial charge in [0.25, 0.3) is 0 Å². The Labute approximate surface area is 157 Å². The minimum atomic E-state index is -0.632. The maximum Gasteiger partial charge on any atom is 0.188 e. The number of aliphatic hydroxyl groups is 1. The summed E-state index contributed by atoms with van der Waals surface area (Å²) in [6.45, 7) is 3.85. The van der Waals surface area contributed by atoms with Gasteiger partial charge in [-0.2, -0.15) is 0 Å². The molecule has 0 heterocycles. The van der Waals surface area contributed by atoms with Crippen molar-refractivity contribution in [2.24, 2.45) is 0 Å². The number of methoxy groups -OCH3 is 1. The van der Waals surface area contributed by atoms with Crippen LogP contribution in [0.2, 0.25) is 10.0 Å². The first-order chi connectivity index (χ1) is 11.9. The minimum Gasteiger partial charge on any atom is -0.467 e. The molecule has 0 aliphatic rings. The Bertz CT molecular complexity index is 748. The second kappa shape index (κ2) is 8.86. The lowest BCUT2D eigenvalue weighted by molar-refractivity contribution is 0.0502. The van der Waals surface area contributed by atoms with Crippen molar-refractivity contribution in [3.05, 3.63) is 62.4 Å². The van der Waals surface area contributed by atoms with E-state index < -0.39 is 12.4 Å². The summed E-state index contributed by atoms with van der Waals surface area (Å²) in [5.41, 5.74) is 2.55. The molecule has 0 amide bonds. The fourth-order valence-electron chi connectivity index (χ4n) is 2.58. The lowest BCUT2D eigenvalue weighted by Gasteiger charge is -2.16. The number of hydrogen-bond acceptors (Lipinski definition) is 3.